The first kappa shape index (κ1) is 23.8. The first-order valence-electron chi connectivity index (χ1n) is 11.5. The highest BCUT2D eigenvalue weighted by molar-refractivity contribution is 6.11. The van der Waals surface area contributed by atoms with E-state index < -0.39 is 17.3 Å². The molecule has 3 aromatic rings. The van der Waals surface area contributed by atoms with E-state index >= 15 is 0 Å². The fraction of sp³-hybridized carbons (Fsp3) is 0.385. The number of rotatable bonds is 6. The number of ether oxygens (including phenoxy) is 1. The quantitative estimate of drug-likeness (QED) is 0.599. The van der Waals surface area contributed by atoms with Crippen LogP contribution in [-0.4, -0.2) is 55.7 Å². The van der Waals surface area contributed by atoms with Crippen molar-refractivity contribution in [1.29, 1.82) is 0 Å². The summed E-state index contributed by atoms with van der Waals surface area (Å²) in [5.41, 5.74) is 1.42. The van der Waals surface area contributed by atoms with Crippen LogP contribution in [0.3, 0.4) is 0 Å². The van der Waals surface area contributed by atoms with Gasteiger partial charge in [-0.3, -0.25) is 9.59 Å². The topological polar surface area (TPSA) is 66.8 Å². The van der Waals surface area contributed by atoms with Gasteiger partial charge in [0.2, 0.25) is 0 Å². The van der Waals surface area contributed by atoms with E-state index in [1.165, 1.54) is 25.3 Å². The summed E-state index contributed by atoms with van der Waals surface area (Å²) in [6.07, 6.45) is 0. The van der Waals surface area contributed by atoms with E-state index in [2.05, 4.69) is 22.2 Å². The number of hydrogen-bond acceptors (Lipinski definition) is 5. The second kappa shape index (κ2) is 9.85. The highest BCUT2D eigenvalue weighted by Gasteiger charge is 2.27. The van der Waals surface area contributed by atoms with Crippen molar-refractivity contribution in [3.63, 3.8) is 0 Å². The number of halogens is 1. The average molecular weight is 467 g/mol. The summed E-state index contributed by atoms with van der Waals surface area (Å²) in [6, 6.07) is 11.4. The number of piperazine rings is 1. The maximum atomic E-state index is 13.7. The molecule has 0 bridgehead atoms. The van der Waals surface area contributed by atoms with Crippen LogP contribution in [0.15, 0.2) is 47.3 Å². The van der Waals surface area contributed by atoms with E-state index in [0.717, 1.165) is 42.8 Å². The van der Waals surface area contributed by atoms with Gasteiger partial charge >= 0.3 is 0 Å². The molecule has 0 spiro atoms. The smallest absolute Gasteiger partial charge is 0.267 e. The van der Waals surface area contributed by atoms with Gasteiger partial charge in [-0.05, 0) is 43.3 Å². The Balaban J connectivity index is 1.94. The minimum Gasteiger partial charge on any atom is -0.495 e. The number of methoxy groups -OCH3 is 1. The highest BCUT2D eigenvalue weighted by Crippen LogP contribution is 2.36. The molecule has 7 nitrogen and oxygen atoms in total. The predicted molar refractivity (Wildman–Crippen MR) is 134 cm³/mol. The molecule has 1 aromatic heterocycles. The molecule has 0 radical (unpaired) electrons. The van der Waals surface area contributed by atoms with Crippen LogP contribution in [0.25, 0.3) is 10.9 Å². The van der Waals surface area contributed by atoms with Crippen molar-refractivity contribution in [3.8, 4) is 5.75 Å². The van der Waals surface area contributed by atoms with Crippen molar-refractivity contribution in [2.24, 2.45) is 5.92 Å². The number of fused-ring (bicyclic) bond motifs is 1. The fourth-order valence-electron chi connectivity index (χ4n) is 4.47. The Kier molecular flexibility index (Phi) is 6.88. The van der Waals surface area contributed by atoms with Gasteiger partial charge in [0.15, 0.2) is 0 Å². The summed E-state index contributed by atoms with van der Waals surface area (Å²) >= 11 is 0. The van der Waals surface area contributed by atoms with Gasteiger partial charge in [-0.1, -0.05) is 26.0 Å². The van der Waals surface area contributed by atoms with Crippen molar-refractivity contribution in [1.82, 2.24) is 9.47 Å². The predicted octanol–water partition coefficient (Wildman–Crippen LogP) is 3.81. The first-order valence-corrected chi connectivity index (χ1v) is 11.5. The van der Waals surface area contributed by atoms with Crippen LogP contribution in [0.4, 0.5) is 15.8 Å². The molecule has 8 heteroatoms. The number of nitrogens with zero attached hydrogens (tertiary/aromatic N) is 3. The van der Waals surface area contributed by atoms with Crippen LogP contribution in [-0.2, 0) is 6.54 Å². The van der Waals surface area contributed by atoms with Crippen molar-refractivity contribution in [3.05, 3.63) is 64.2 Å². The largest absolute Gasteiger partial charge is 0.495 e. The maximum absolute atomic E-state index is 13.7. The number of hydrogen-bond donors (Lipinski definition) is 1. The van der Waals surface area contributed by atoms with Crippen LogP contribution in [0, 0.1) is 11.7 Å². The van der Waals surface area contributed by atoms with Gasteiger partial charge in [0.25, 0.3) is 11.5 Å². The molecule has 0 unspecified atom stereocenters. The molecule has 1 aliphatic rings. The van der Waals surface area contributed by atoms with Crippen molar-refractivity contribution in [2.45, 2.75) is 20.4 Å². The number of nitrogens with one attached hydrogen (secondary N) is 1. The normalized spacial score (nSPS) is 14.6. The molecule has 4 rings (SSSR count). The Hall–Kier alpha value is -3.39. The maximum Gasteiger partial charge on any atom is 0.267 e. The van der Waals surface area contributed by atoms with Crippen molar-refractivity contribution >= 4 is 28.2 Å². The van der Waals surface area contributed by atoms with Crippen molar-refractivity contribution in [2.75, 3.05) is 50.6 Å². The summed E-state index contributed by atoms with van der Waals surface area (Å²) in [6.45, 7) is 7.98. The van der Waals surface area contributed by atoms with E-state index in [0.29, 0.717) is 6.54 Å². The second-order valence-electron chi connectivity index (χ2n) is 9.14. The number of amides is 1. The number of anilines is 2. The number of likely N-dealkylation sites (N-methyl/N-ethyl adjacent to an activating group) is 1. The number of aromatic nitrogens is 1. The minimum atomic E-state index is -0.625. The van der Waals surface area contributed by atoms with Crippen LogP contribution in [0.5, 0.6) is 5.75 Å². The summed E-state index contributed by atoms with van der Waals surface area (Å²) in [5.74, 6) is -0.679. The molecule has 34 heavy (non-hydrogen) atoms. The average Bonchev–Trinajstić information content (AvgIpc) is 2.80. The zero-order valence-corrected chi connectivity index (χ0v) is 20.1. The SMILES string of the molecule is COc1c(C(=O)Nc2cccc(F)c2)c(=O)n(CC(C)C)c2cccc(N3CCN(C)CC3)c12. The van der Waals surface area contributed by atoms with E-state index in [1.807, 2.05) is 32.0 Å². The number of benzene rings is 2. The fourth-order valence-corrected chi connectivity index (χ4v) is 4.47. The van der Waals surface area contributed by atoms with Crippen molar-refractivity contribution < 1.29 is 13.9 Å². The Labute approximate surface area is 198 Å². The summed E-state index contributed by atoms with van der Waals surface area (Å²) in [7, 11) is 3.57. The molecule has 1 aliphatic heterocycles. The van der Waals surface area contributed by atoms with E-state index in [-0.39, 0.29) is 22.9 Å². The molecule has 0 saturated carbocycles. The van der Waals surface area contributed by atoms with Gasteiger partial charge in [-0.25, -0.2) is 4.39 Å². The Morgan fingerprint density at radius 2 is 1.82 bits per heavy atom. The summed E-state index contributed by atoms with van der Waals surface area (Å²) < 4.78 is 21.1. The van der Waals surface area contributed by atoms with Crippen LogP contribution in [0.1, 0.15) is 24.2 Å². The molecule has 1 saturated heterocycles. The van der Waals surface area contributed by atoms with Gasteiger partial charge < -0.3 is 24.4 Å². The molecule has 2 aromatic carbocycles. The molecule has 1 fully saturated rings. The lowest BCUT2D eigenvalue weighted by Gasteiger charge is -2.35. The highest BCUT2D eigenvalue weighted by atomic mass is 19.1. The molecule has 180 valence electrons. The van der Waals surface area contributed by atoms with Crippen LogP contribution < -0.4 is 20.5 Å². The molecule has 1 amide bonds. The molecule has 0 aliphatic carbocycles. The molecule has 2 heterocycles. The Morgan fingerprint density at radius 1 is 1.12 bits per heavy atom. The van der Waals surface area contributed by atoms with Crippen LogP contribution >= 0.6 is 0 Å². The lowest BCUT2D eigenvalue weighted by molar-refractivity contribution is 0.102. The lowest BCUT2D eigenvalue weighted by Crippen LogP contribution is -2.44. The van der Waals surface area contributed by atoms with Crippen LogP contribution in [0.2, 0.25) is 0 Å². The second-order valence-corrected chi connectivity index (χ2v) is 9.14. The van der Waals surface area contributed by atoms with Gasteiger partial charge in [0.05, 0.1) is 18.0 Å². The third kappa shape index (κ3) is 4.63. The Bertz CT molecular complexity index is 1260. The minimum absolute atomic E-state index is 0.0820. The first-order chi connectivity index (χ1) is 16.3. The van der Waals surface area contributed by atoms with Gasteiger partial charge in [0.1, 0.15) is 17.1 Å². The number of pyridine rings is 1. The zero-order chi connectivity index (χ0) is 24.4. The van der Waals surface area contributed by atoms with E-state index in [1.54, 1.807) is 10.6 Å². The van der Waals surface area contributed by atoms with Gasteiger partial charge in [-0.15, -0.1) is 0 Å². The molecular weight excluding hydrogens is 435 g/mol. The third-order valence-corrected chi connectivity index (χ3v) is 6.13. The molecular formula is C26H31FN4O3. The zero-order valence-electron chi connectivity index (χ0n) is 20.1. The van der Waals surface area contributed by atoms with E-state index in [9.17, 15) is 14.0 Å². The summed E-state index contributed by atoms with van der Waals surface area (Å²) in [4.78, 5) is 31.6. The lowest BCUT2D eigenvalue weighted by atomic mass is 10.0. The monoisotopic (exact) mass is 466 g/mol. The van der Waals surface area contributed by atoms with E-state index in [4.69, 9.17) is 4.74 Å². The van der Waals surface area contributed by atoms with Gasteiger partial charge in [0, 0.05) is 44.1 Å². The Morgan fingerprint density at radius 3 is 2.47 bits per heavy atom. The number of carbonyl (C=O) groups excluding carboxylic acids is 1. The summed E-state index contributed by atoms with van der Waals surface area (Å²) in [5, 5.41) is 3.41. The van der Waals surface area contributed by atoms with Gasteiger partial charge in [-0.2, -0.15) is 0 Å². The number of carbonyl (C=O) groups is 1. The standard InChI is InChI=1S/C26H31FN4O3/c1-17(2)16-31-21-10-6-9-20(30-13-11-29(3)12-14-30)22(21)24(34-4)23(26(31)33)25(32)28-19-8-5-7-18(27)15-19/h5-10,15,17H,11-14,16H2,1-4H3,(H,28,32). The molecule has 1 N–H and O–H groups in total. The third-order valence-electron chi connectivity index (χ3n) is 6.13. The molecule has 0 atom stereocenters.